The molecular formula is C26H24ClF2N3O3. The predicted molar refractivity (Wildman–Crippen MR) is 130 cm³/mol. The van der Waals surface area contributed by atoms with Crippen molar-refractivity contribution >= 4 is 28.9 Å². The number of halogens is 3. The number of likely N-dealkylation sites (tertiary alicyclic amines) is 1. The van der Waals surface area contributed by atoms with Crippen molar-refractivity contribution in [2.75, 3.05) is 38.7 Å². The maximum absolute atomic E-state index is 14.7. The summed E-state index contributed by atoms with van der Waals surface area (Å²) >= 11 is 6.01. The predicted octanol–water partition coefficient (Wildman–Crippen LogP) is 4.90. The number of anilines is 1. The average molecular weight is 500 g/mol. The molecule has 3 heterocycles. The van der Waals surface area contributed by atoms with Crippen LogP contribution in [0.2, 0.25) is 0 Å². The Morgan fingerprint density at radius 2 is 2.06 bits per heavy atom. The normalized spacial score (nSPS) is 19.4. The van der Waals surface area contributed by atoms with Crippen molar-refractivity contribution < 1.29 is 23.0 Å². The number of carbonyl (C=O) groups is 1. The van der Waals surface area contributed by atoms with Gasteiger partial charge in [0.15, 0.2) is 18.2 Å². The van der Waals surface area contributed by atoms with Crippen LogP contribution in [0.1, 0.15) is 17.2 Å². The summed E-state index contributed by atoms with van der Waals surface area (Å²) in [5.41, 5.74) is 2.03. The largest absolute Gasteiger partial charge is 0.490 e. The Morgan fingerprint density at radius 3 is 2.80 bits per heavy atom. The van der Waals surface area contributed by atoms with Crippen molar-refractivity contribution in [2.24, 2.45) is 5.92 Å². The summed E-state index contributed by atoms with van der Waals surface area (Å²) in [6.07, 6.45) is 5.51. The number of ether oxygens (including phenoxy) is 2. The van der Waals surface area contributed by atoms with Crippen LogP contribution < -0.4 is 14.8 Å². The molecule has 1 saturated heterocycles. The summed E-state index contributed by atoms with van der Waals surface area (Å²) in [6.45, 7) is 5.41. The Hall–Kier alpha value is -3.52. The van der Waals surface area contributed by atoms with E-state index in [9.17, 15) is 13.6 Å². The lowest BCUT2D eigenvalue weighted by molar-refractivity contribution is -0.118. The Labute approximate surface area is 207 Å². The minimum absolute atomic E-state index is 0.101. The van der Waals surface area contributed by atoms with E-state index in [1.54, 1.807) is 18.3 Å². The molecule has 6 nitrogen and oxygen atoms in total. The van der Waals surface area contributed by atoms with E-state index in [4.69, 9.17) is 21.1 Å². The molecule has 0 spiro atoms. The topological polar surface area (TPSA) is 54.0 Å². The lowest BCUT2D eigenvalue weighted by Gasteiger charge is -2.42. The second-order valence-electron chi connectivity index (χ2n) is 8.87. The third-order valence-corrected chi connectivity index (χ3v) is 6.55. The molecule has 3 aliphatic heterocycles. The zero-order chi connectivity index (χ0) is 24.7. The fraction of sp³-hybridized carbons (Fsp3) is 0.269. The first-order chi connectivity index (χ1) is 16.8. The van der Waals surface area contributed by atoms with Crippen LogP contribution in [0, 0.1) is 17.6 Å². The molecule has 2 aromatic carbocycles. The van der Waals surface area contributed by atoms with Crippen molar-refractivity contribution in [3.8, 4) is 11.5 Å². The zero-order valence-electron chi connectivity index (χ0n) is 19.1. The molecule has 2 aromatic rings. The number of nitrogens with one attached hydrogen (secondary N) is 1. The minimum atomic E-state index is -0.469. The van der Waals surface area contributed by atoms with Crippen molar-refractivity contribution in [3.63, 3.8) is 0 Å². The number of amides is 1. The van der Waals surface area contributed by atoms with E-state index in [1.165, 1.54) is 18.2 Å². The molecule has 1 amide bonds. The summed E-state index contributed by atoms with van der Waals surface area (Å²) in [5, 5.41) is 3.30. The van der Waals surface area contributed by atoms with Crippen LogP contribution in [0.15, 0.2) is 60.3 Å². The van der Waals surface area contributed by atoms with Crippen LogP contribution >= 0.6 is 11.6 Å². The van der Waals surface area contributed by atoms with Gasteiger partial charge in [0.05, 0.1) is 23.4 Å². The van der Waals surface area contributed by atoms with Gasteiger partial charge < -0.3 is 24.6 Å². The third kappa shape index (κ3) is 4.71. The molecule has 3 aliphatic rings. The van der Waals surface area contributed by atoms with Gasteiger partial charge in [-0.15, -0.1) is 0 Å². The fourth-order valence-corrected chi connectivity index (χ4v) is 4.62. The van der Waals surface area contributed by atoms with Crippen LogP contribution in [0.25, 0.3) is 5.70 Å². The first-order valence-corrected chi connectivity index (χ1v) is 11.6. The monoisotopic (exact) mass is 499 g/mol. The Morgan fingerprint density at radius 1 is 1.26 bits per heavy atom. The van der Waals surface area contributed by atoms with Crippen molar-refractivity contribution in [1.82, 2.24) is 9.80 Å². The molecule has 1 atom stereocenters. The van der Waals surface area contributed by atoms with Crippen LogP contribution in [0.3, 0.4) is 0 Å². The number of rotatable bonds is 6. The summed E-state index contributed by atoms with van der Waals surface area (Å²) < 4.78 is 40.3. The number of benzene rings is 2. The molecule has 182 valence electrons. The second-order valence-corrected chi connectivity index (χ2v) is 9.30. The minimum Gasteiger partial charge on any atom is -0.490 e. The zero-order valence-corrected chi connectivity index (χ0v) is 19.8. The summed E-state index contributed by atoms with van der Waals surface area (Å²) in [5.74, 6) is -0.541. The molecule has 0 radical (unpaired) electrons. The molecule has 0 saturated carbocycles. The third-order valence-electron chi connectivity index (χ3n) is 6.33. The van der Waals surface area contributed by atoms with E-state index < -0.39 is 11.6 Å². The molecule has 0 aromatic heterocycles. The Bertz CT molecular complexity index is 1260. The van der Waals surface area contributed by atoms with Gasteiger partial charge in [-0.25, -0.2) is 8.78 Å². The van der Waals surface area contributed by atoms with E-state index in [1.807, 2.05) is 29.0 Å². The lowest BCUT2D eigenvalue weighted by atomic mass is 9.98. The first kappa shape index (κ1) is 23.2. The van der Waals surface area contributed by atoms with Crippen LogP contribution in [0.5, 0.6) is 11.5 Å². The maximum Gasteiger partial charge on any atom is 0.262 e. The summed E-state index contributed by atoms with van der Waals surface area (Å²) in [6, 6.07) is 7.65. The van der Waals surface area contributed by atoms with Gasteiger partial charge >= 0.3 is 0 Å². The number of nitrogens with zero attached hydrogens (tertiary/aromatic N) is 2. The van der Waals surface area contributed by atoms with Gasteiger partial charge in [0.25, 0.3) is 5.91 Å². The van der Waals surface area contributed by atoms with Gasteiger partial charge in [-0.05, 0) is 29.8 Å². The van der Waals surface area contributed by atoms with Crippen molar-refractivity contribution in [3.05, 3.63) is 83.1 Å². The number of allylic oxidation sites excluding steroid dienone is 2. The molecule has 0 bridgehead atoms. The van der Waals surface area contributed by atoms with Crippen LogP contribution in [-0.2, 0) is 4.79 Å². The van der Waals surface area contributed by atoms with Crippen LogP contribution in [0.4, 0.5) is 14.5 Å². The number of fused-ring (bicyclic) bond motifs is 1. The van der Waals surface area contributed by atoms with E-state index in [2.05, 4.69) is 11.9 Å². The maximum atomic E-state index is 14.7. The number of hydrogen-bond donors (Lipinski definition) is 1. The standard InChI is InChI=1S/C26H24ClF2N3O3/c1-15(19-8-22-25(9-20(19)28)35-14-26(33)30-22)32-10-16(11-32)13-34-24-6-3-17(7-21(24)29)23-5-4-18(27)12-31(23)2/h3-9,12,16,23H,1,10-11,13-14H2,2H3,(H,30,33). The van der Waals surface area contributed by atoms with Gasteiger partial charge in [-0.2, -0.15) is 0 Å². The molecule has 0 aliphatic carbocycles. The van der Waals surface area contributed by atoms with Gasteiger partial charge in [0.2, 0.25) is 0 Å². The van der Waals surface area contributed by atoms with E-state index in [0.717, 1.165) is 5.56 Å². The quantitative estimate of drug-likeness (QED) is 0.612. The van der Waals surface area contributed by atoms with Gasteiger partial charge in [-0.3, -0.25) is 4.79 Å². The number of carbonyl (C=O) groups excluding carboxylic acids is 1. The molecule has 9 heteroatoms. The average Bonchev–Trinajstić information content (AvgIpc) is 2.78. The number of likely N-dealkylation sites (N-methyl/N-ethyl adjacent to an activating group) is 1. The van der Waals surface area contributed by atoms with Gasteiger partial charge in [-0.1, -0.05) is 30.3 Å². The molecule has 1 N–H and O–H groups in total. The smallest absolute Gasteiger partial charge is 0.262 e. The highest BCUT2D eigenvalue weighted by atomic mass is 35.5. The highest BCUT2D eigenvalue weighted by Crippen LogP contribution is 2.36. The Balaban J connectivity index is 1.16. The highest BCUT2D eigenvalue weighted by Gasteiger charge is 2.31. The summed E-state index contributed by atoms with van der Waals surface area (Å²) in [4.78, 5) is 15.4. The molecule has 5 rings (SSSR count). The second kappa shape index (κ2) is 9.26. The SMILES string of the molecule is C=C(c1cc2c(cc1F)OCC(=O)N2)N1CC(COc2ccc(C3C=CC(Cl)=CN3C)cc2F)C1. The Kier molecular flexibility index (Phi) is 6.15. The fourth-order valence-electron chi connectivity index (χ4n) is 4.40. The van der Waals surface area contributed by atoms with E-state index in [-0.39, 0.29) is 30.2 Å². The number of hydrogen-bond acceptors (Lipinski definition) is 5. The molecular weight excluding hydrogens is 476 g/mol. The molecule has 35 heavy (non-hydrogen) atoms. The highest BCUT2D eigenvalue weighted by molar-refractivity contribution is 6.31. The molecule has 1 unspecified atom stereocenters. The van der Waals surface area contributed by atoms with E-state index >= 15 is 0 Å². The van der Waals surface area contributed by atoms with Crippen molar-refractivity contribution in [1.29, 1.82) is 0 Å². The van der Waals surface area contributed by atoms with Gasteiger partial charge in [0, 0.05) is 49.6 Å². The first-order valence-electron chi connectivity index (χ1n) is 11.2. The van der Waals surface area contributed by atoms with E-state index in [0.29, 0.717) is 47.4 Å². The summed E-state index contributed by atoms with van der Waals surface area (Å²) in [7, 11) is 1.88. The lowest BCUT2D eigenvalue weighted by Crippen LogP contribution is -2.47. The molecule has 1 fully saturated rings. The van der Waals surface area contributed by atoms with Crippen LogP contribution in [-0.4, -0.2) is 49.1 Å². The van der Waals surface area contributed by atoms with Gasteiger partial charge in [0.1, 0.15) is 11.6 Å². The van der Waals surface area contributed by atoms with Crippen molar-refractivity contribution in [2.45, 2.75) is 6.04 Å².